The van der Waals surface area contributed by atoms with Crippen LogP contribution in [0.15, 0.2) is 6.07 Å². The SMILES string of the molecule is CCOC(=O)c1cc(F)c(C(F)F)c(CBr)n1. The first kappa shape index (κ1) is 14.0. The molecule has 1 rings (SSSR count). The number of halogens is 4. The quantitative estimate of drug-likeness (QED) is 0.633. The highest BCUT2D eigenvalue weighted by Gasteiger charge is 2.22. The summed E-state index contributed by atoms with van der Waals surface area (Å²) in [6.45, 7) is 1.68. The van der Waals surface area contributed by atoms with Gasteiger partial charge < -0.3 is 4.74 Å². The minimum absolute atomic E-state index is 0.0726. The molecule has 0 spiro atoms. The van der Waals surface area contributed by atoms with Crippen molar-refractivity contribution in [2.45, 2.75) is 18.7 Å². The Morgan fingerprint density at radius 3 is 2.71 bits per heavy atom. The Morgan fingerprint density at radius 1 is 1.59 bits per heavy atom. The van der Waals surface area contributed by atoms with E-state index >= 15 is 0 Å². The van der Waals surface area contributed by atoms with Crippen LogP contribution in [0.5, 0.6) is 0 Å². The van der Waals surface area contributed by atoms with Crippen LogP contribution in [0, 0.1) is 5.82 Å². The Kier molecular flexibility index (Phi) is 4.92. The number of pyridine rings is 1. The second-order valence-corrected chi connectivity index (χ2v) is 3.57. The third kappa shape index (κ3) is 3.18. The third-order valence-corrected chi connectivity index (χ3v) is 2.45. The van der Waals surface area contributed by atoms with Crippen molar-refractivity contribution >= 4 is 21.9 Å². The molecular formula is C10H9BrF3NO2. The maximum Gasteiger partial charge on any atom is 0.357 e. The van der Waals surface area contributed by atoms with Crippen LogP contribution in [0.3, 0.4) is 0 Å². The minimum Gasteiger partial charge on any atom is -0.461 e. The largest absolute Gasteiger partial charge is 0.461 e. The summed E-state index contributed by atoms with van der Waals surface area (Å²) in [5.41, 5.74) is -1.32. The van der Waals surface area contributed by atoms with E-state index in [0.717, 1.165) is 0 Å². The molecule has 17 heavy (non-hydrogen) atoms. The topological polar surface area (TPSA) is 39.2 Å². The molecule has 0 saturated heterocycles. The van der Waals surface area contributed by atoms with Crippen LogP contribution in [0.4, 0.5) is 13.2 Å². The number of alkyl halides is 3. The van der Waals surface area contributed by atoms with E-state index in [2.05, 4.69) is 25.7 Å². The molecule has 0 unspecified atom stereocenters. The number of carbonyl (C=O) groups excluding carboxylic acids is 1. The van der Waals surface area contributed by atoms with E-state index in [1.165, 1.54) is 0 Å². The van der Waals surface area contributed by atoms with Crippen molar-refractivity contribution in [2.75, 3.05) is 6.61 Å². The van der Waals surface area contributed by atoms with Crippen LogP contribution in [0.1, 0.15) is 35.1 Å². The van der Waals surface area contributed by atoms with E-state index in [9.17, 15) is 18.0 Å². The van der Waals surface area contributed by atoms with Gasteiger partial charge in [0, 0.05) is 11.4 Å². The molecule has 0 saturated carbocycles. The average Bonchev–Trinajstić information content (AvgIpc) is 2.27. The number of nitrogens with zero attached hydrogens (tertiary/aromatic N) is 1. The van der Waals surface area contributed by atoms with E-state index in [4.69, 9.17) is 0 Å². The summed E-state index contributed by atoms with van der Waals surface area (Å²) in [6.07, 6.45) is -2.98. The number of hydrogen-bond acceptors (Lipinski definition) is 3. The van der Waals surface area contributed by atoms with Crippen molar-refractivity contribution in [3.63, 3.8) is 0 Å². The number of carbonyl (C=O) groups is 1. The monoisotopic (exact) mass is 311 g/mol. The number of rotatable bonds is 4. The van der Waals surface area contributed by atoms with E-state index in [-0.39, 0.29) is 23.3 Å². The molecule has 3 nitrogen and oxygen atoms in total. The predicted octanol–water partition coefficient (Wildman–Crippen LogP) is 3.23. The molecule has 0 fully saturated rings. The van der Waals surface area contributed by atoms with Crippen molar-refractivity contribution in [3.8, 4) is 0 Å². The highest BCUT2D eigenvalue weighted by Crippen LogP contribution is 2.27. The molecule has 94 valence electrons. The maximum atomic E-state index is 13.4. The fourth-order valence-electron chi connectivity index (χ4n) is 1.22. The van der Waals surface area contributed by atoms with Crippen molar-refractivity contribution < 1.29 is 22.7 Å². The van der Waals surface area contributed by atoms with Gasteiger partial charge in [-0.1, -0.05) is 15.9 Å². The first-order valence-electron chi connectivity index (χ1n) is 4.71. The van der Waals surface area contributed by atoms with Gasteiger partial charge in [-0.25, -0.2) is 22.9 Å². The summed E-state index contributed by atoms with van der Waals surface area (Å²) in [7, 11) is 0. The lowest BCUT2D eigenvalue weighted by Crippen LogP contribution is -2.11. The second-order valence-electron chi connectivity index (χ2n) is 3.00. The Hall–Kier alpha value is -1.11. The van der Waals surface area contributed by atoms with Gasteiger partial charge in [0.25, 0.3) is 6.43 Å². The highest BCUT2D eigenvalue weighted by atomic mass is 79.9. The first-order chi connectivity index (χ1) is 8.01. The molecule has 7 heteroatoms. The summed E-state index contributed by atoms with van der Waals surface area (Å²) in [5, 5.41) is -0.0726. The molecule has 1 aromatic rings. The van der Waals surface area contributed by atoms with Crippen LogP contribution in [-0.2, 0) is 10.1 Å². The van der Waals surface area contributed by atoms with Crippen LogP contribution in [-0.4, -0.2) is 17.6 Å². The molecule has 0 N–H and O–H groups in total. The Labute approximate surface area is 104 Å². The third-order valence-electron chi connectivity index (χ3n) is 1.92. The number of hydrogen-bond donors (Lipinski definition) is 0. The van der Waals surface area contributed by atoms with Crippen LogP contribution < -0.4 is 0 Å². The average molecular weight is 312 g/mol. The molecule has 0 aromatic carbocycles. The zero-order chi connectivity index (χ0) is 13.0. The van der Waals surface area contributed by atoms with E-state index < -0.39 is 23.8 Å². The molecule has 1 heterocycles. The molecule has 1 aromatic heterocycles. The zero-order valence-corrected chi connectivity index (χ0v) is 10.4. The second kappa shape index (κ2) is 6.00. The Bertz CT molecular complexity index is 426. The van der Waals surface area contributed by atoms with Crippen LogP contribution >= 0.6 is 15.9 Å². The summed E-state index contributed by atoms with van der Waals surface area (Å²) in [4.78, 5) is 14.9. The lowest BCUT2D eigenvalue weighted by atomic mass is 10.2. The van der Waals surface area contributed by atoms with Crippen molar-refractivity contribution in [1.82, 2.24) is 4.98 Å². The van der Waals surface area contributed by atoms with Gasteiger partial charge in [-0.05, 0) is 6.92 Å². The summed E-state index contributed by atoms with van der Waals surface area (Å²) < 4.78 is 43.1. The molecule has 0 aliphatic carbocycles. The van der Waals surface area contributed by atoms with Gasteiger partial charge in [-0.3, -0.25) is 0 Å². The minimum atomic E-state index is -2.98. The summed E-state index contributed by atoms with van der Waals surface area (Å²) in [6, 6.07) is 0.658. The number of ether oxygens (including phenoxy) is 1. The molecule has 0 amide bonds. The van der Waals surface area contributed by atoms with Crippen molar-refractivity contribution in [1.29, 1.82) is 0 Å². The van der Waals surface area contributed by atoms with Gasteiger partial charge in [-0.2, -0.15) is 0 Å². The van der Waals surface area contributed by atoms with E-state index in [0.29, 0.717) is 6.07 Å². The first-order valence-corrected chi connectivity index (χ1v) is 5.83. The molecule has 0 radical (unpaired) electrons. The van der Waals surface area contributed by atoms with Crippen LogP contribution in [0.25, 0.3) is 0 Å². The molecule has 0 aliphatic rings. The smallest absolute Gasteiger partial charge is 0.357 e. The normalized spacial score (nSPS) is 10.7. The summed E-state index contributed by atoms with van der Waals surface area (Å²) in [5.74, 6) is -2.00. The Balaban J connectivity index is 3.22. The molecule has 0 atom stereocenters. The van der Waals surface area contributed by atoms with Gasteiger partial charge in [0.1, 0.15) is 5.82 Å². The lowest BCUT2D eigenvalue weighted by molar-refractivity contribution is 0.0517. The predicted molar refractivity (Wildman–Crippen MR) is 57.7 cm³/mol. The van der Waals surface area contributed by atoms with Gasteiger partial charge in [0.2, 0.25) is 0 Å². The molecule has 0 bridgehead atoms. The van der Waals surface area contributed by atoms with Gasteiger partial charge >= 0.3 is 5.97 Å². The highest BCUT2D eigenvalue weighted by molar-refractivity contribution is 9.08. The maximum absolute atomic E-state index is 13.4. The van der Waals surface area contributed by atoms with Gasteiger partial charge in [-0.15, -0.1) is 0 Å². The standard InChI is InChI=1S/C10H9BrF3NO2/c1-2-17-10(16)6-3-5(12)8(9(13)14)7(4-11)15-6/h3,9H,2,4H2,1H3. The van der Waals surface area contributed by atoms with Crippen molar-refractivity contribution in [3.05, 3.63) is 28.8 Å². The molecule has 0 aliphatic heterocycles. The van der Waals surface area contributed by atoms with E-state index in [1.807, 2.05) is 0 Å². The fraction of sp³-hybridized carbons (Fsp3) is 0.400. The van der Waals surface area contributed by atoms with Crippen molar-refractivity contribution in [2.24, 2.45) is 0 Å². The summed E-state index contributed by atoms with van der Waals surface area (Å²) >= 11 is 2.92. The molecular weight excluding hydrogens is 303 g/mol. The number of esters is 1. The van der Waals surface area contributed by atoms with Crippen LogP contribution in [0.2, 0.25) is 0 Å². The Morgan fingerprint density at radius 2 is 2.24 bits per heavy atom. The zero-order valence-electron chi connectivity index (χ0n) is 8.84. The van der Waals surface area contributed by atoms with E-state index in [1.54, 1.807) is 6.92 Å². The number of aromatic nitrogens is 1. The van der Waals surface area contributed by atoms with Gasteiger partial charge in [0.05, 0.1) is 17.9 Å². The van der Waals surface area contributed by atoms with Gasteiger partial charge in [0.15, 0.2) is 5.69 Å². The fourth-order valence-corrected chi connectivity index (χ4v) is 1.64. The lowest BCUT2D eigenvalue weighted by Gasteiger charge is -2.09.